The van der Waals surface area contributed by atoms with Gasteiger partial charge in [-0.2, -0.15) is 5.10 Å². The maximum atomic E-state index is 11.8. The smallest absolute Gasteiger partial charge is 0.266 e. The monoisotopic (exact) mass is 398 g/mol. The van der Waals surface area contributed by atoms with E-state index in [1.54, 1.807) is 6.07 Å². The van der Waals surface area contributed by atoms with Gasteiger partial charge in [-0.05, 0) is 43.5 Å². The number of hydrogen-bond acceptors (Lipinski definition) is 5. The normalized spacial score (nSPS) is 14.7. The Morgan fingerprint density at radius 1 is 1.10 bits per heavy atom. The van der Waals surface area contributed by atoms with E-state index in [9.17, 15) is 4.79 Å². The Balaban J connectivity index is 1.56. The van der Waals surface area contributed by atoms with Crippen LogP contribution in [0.15, 0.2) is 35.1 Å². The first-order chi connectivity index (χ1) is 14.3. The summed E-state index contributed by atoms with van der Waals surface area (Å²) in [6.45, 7) is 4.56. The number of benzene rings is 1. The molecule has 1 heterocycles. The average molecular weight is 399 g/mol. The number of nitrogens with one attached hydrogen (secondary N) is 3. The SMILES string of the molecule is CCCCCOc1ccc(-c2n[nH]c(=O)cc2NCCNC2CCCCC2)cc1. The van der Waals surface area contributed by atoms with Crippen LogP contribution >= 0.6 is 0 Å². The third-order valence-electron chi connectivity index (χ3n) is 5.43. The zero-order valence-corrected chi connectivity index (χ0v) is 17.5. The van der Waals surface area contributed by atoms with Crippen LogP contribution in [0.4, 0.5) is 5.69 Å². The zero-order valence-electron chi connectivity index (χ0n) is 17.5. The van der Waals surface area contributed by atoms with Crippen molar-refractivity contribution in [3.05, 3.63) is 40.7 Å². The Bertz CT molecular complexity index is 782. The molecule has 1 fully saturated rings. The lowest BCUT2D eigenvalue weighted by Crippen LogP contribution is -2.34. The quantitative estimate of drug-likeness (QED) is 0.491. The predicted molar refractivity (Wildman–Crippen MR) is 119 cm³/mol. The molecule has 29 heavy (non-hydrogen) atoms. The number of aromatic nitrogens is 2. The Morgan fingerprint density at radius 2 is 1.90 bits per heavy atom. The van der Waals surface area contributed by atoms with E-state index in [2.05, 4.69) is 27.8 Å². The molecule has 1 saturated carbocycles. The highest BCUT2D eigenvalue weighted by Crippen LogP contribution is 2.26. The zero-order chi connectivity index (χ0) is 20.3. The van der Waals surface area contributed by atoms with Gasteiger partial charge in [0.2, 0.25) is 0 Å². The number of nitrogens with zero attached hydrogens (tertiary/aromatic N) is 1. The van der Waals surface area contributed by atoms with Gasteiger partial charge in [0.1, 0.15) is 11.4 Å². The van der Waals surface area contributed by atoms with E-state index < -0.39 is 0 Å². The van der Waals surface area contributed by atoms with Gasteiger partial charge in [0.15, 0.2) is 0 Å². The molecule has 0 aliphatic heterocycles. The number of rotatable bonds is 11. The van der Waals surface area contributed by atoms with Gasteiger partial charge in [-0.25, -0.2) is 5.10 Å². The summed E-state index contributed by atoms with van der Waals surface area (Å²) in [4.78, 5) is 11.8. The van der Waals surface area contributed by atoms with E-state index in [1.807, 2.05) is 24.3 Å². The topological polar surface area (TPSA) is 79.0 Å². The van der Waals surface area contributed by atoms with Crippen molar-refractivity contribution in [2.24, 2.45) is 0 Å². The third-order valence-corrected chi connectivity index (χ3v) is 5.43. The summed E-state index contributed by atoms with van der Waals surface area (Å²) in [6.07, 6.45) is 9.99. The van der Waals surface area contributed by atoms with E-state index in [0.29, 0.717) is 6.04 Å². The minimum Gasteiger partial charge on any atom is -0.494 e. The van der Waals surface area contributed by atoms with Crippen molar-refractivity contribution < 1.29 is 4.74 Å². The van der Waals surface area contributed by atoms with Crippen LogP contribution in [0, 0.1) is 0 Å². The van der Waals surface area contributed by atoms with E-state index in [0.717, 1.165) is 48.8 Å². The molecule has 6 nitrogen and oxygen atoms in total. The molecule has 0 radical (unpaired) electrons. The molecule has 1 aliphatic carbocycles. The Hall–Kier alpha value is -2.34. The fraction of sp³-hybridized carbons (Fsp3) is 0.565. The van der Waals surface area contributed by atoms with Crippen LogP contribution in [0.1, 0.15) is 58.3 Å². The molecule has 3 rings (SSSR count). The lowest BCUT2D eigenvalue weighted by Gasteiger charge is -2.23. The fourth-order valence-corrected chi connectivity index (χ4v) is 3.79. The molecule has 158 valence electrons. The largest absolute Gasteiger partial charge is 0.494 e. The number of aromatic amines is 1. The standard InChI is InChI=1S/C23H34N4O2/c1-2-3-7-16-29-20-12-10-18(11-13-20)23-21(17-22(28)26-27-23)25-15-14-24-19-8-5-4-6-9-19/h10-13,17,19,24H,2-9,14-16H2,1H3,(H2,25,26,28). The second kappa shape index (κ2) is 11.6. The van der Waals surface area contributed by atoms with Crippen LogP contribution in [0.2, 0.25) is 0 Å². The molecule has 0 atom stereocenters. The van der Waals surface area contributed by atoms with Crippen molar-refractivity contribution in [3.63, 3.8) is 0 Å². The van der Waals surface area contributed by atoms with Crippen molar-refractivity contribution in [1.29, 1.82) is 0 Å². The summed E-state index contributed by atoms with van der Waals surface area (Å²) in [7, 11) is 0. The molecule has 2 aromatic rings. The Kier molecular flexibility index (Phi) is 8.56. The molecule has 0 amide bonds. The molecule has 0 bridgehead atoms. The first kappa shape index (κ1) is 21.4. The third kappa shape index (κ3) is 6.89. The molecule has 6 heteroatoms. The number of anilines is 1. The summed E-state index contributed by atoms with van der Waals surface area (Å²) >= 11 is 0. The summed E-state index contributed by atoms with van der Waals surface area (Å²) in [5, 5.41) is 13.8. The van der Waals surface area contributed by atoms with E-state index in [1.165, 1.54) is 44.9 Å². The van der Waals surface area contributed by atoms with Gasteiger partial charge in [-0.1, -0.05) is 39.0 Å². The second-order valence-corrected chi connectivity index (χ2v) is 7.79. The highest BCUT2D eigenvalue weighted by atomic mass is 16.5. The van der Waals surface area contributed by atoms with Crippen LogP contribution < -0.4 is 20.9 Å². The van der Waals surface area contributed by atoms with Gasteiger partial charge in [0.05, 0.1) is 12.3 Å². The fourth-order valence-electron chi connectivity index (χ4n) is 3.79. The first-order valence-electron chi connectivity index (χ1n) is 11.1. The summed E-state index contributed by atoms with van der Waals surface area (Å²) in [6, 6.07) is 10.1. The lowest BCUT2D eigenvalue weighted by atomic mass is 9.95. The number of hydrogen-bond donors (Lipinski definition) is 3. The van der Waals surface area contributed by atoms with Crippen LogP contribution in [-0.2, 0) is 0 Å². The molecule has 0 saturated heterocycles. The predicted octanol–water partition coefficient (Wildman–Crippen LogP) is 4.34. The second-order valence-electron chi connectivity index (χ2n) is 7.79. The number of ether oxygens (including phenoxy) is 1. The van der Waals surface area contributed by atoms with Crippen molar-refractivity contribution >= 4 is 5.69 Å². The van der Waals surface area contributed by atoms with Crippen molar-refractivity contribution in [2.75, 3.05) is 25.0 Å². The van der Waals surface area contributed by atoms with E-state index in [4.69, 9.17) is 4.74 Å². The van der Waals surface area contributed by atoms with Crippen LogP contribution in [0.5, 0.6) is 5.75 Å². The number of H-pyrrole nitrogens is 1. The maximum absolute atomic E-state index is 11.8. The van der Waals surface area contributed by atoms with Crippen LogP contribution in [0.25, 0.3) is 11.3 Å². The molecule has 0 spiro atoms. The highest BCUT2D eigenvalue weighted by molar-refractivity contribution is 5.73. The average Bonchev–Trinajstić information content (AvgIpc) is 2.76. The summed E-state index contributed by atoms with van der Waals surface area (Å²) < 4.78 is 5.78. The molecule has 1 aromatic heterocycles. The van der Waals surface area contributed by atoms with Gasteiger partial charge in [0, 0.05) is 30.8 Å². The molecule has 1 aliphatic rings. The van der Waals surface area contributed by atoms with Crippen LogP contribution in [-0.4, -0.2) is 35.9 Å². The molecular formula is C23H34N4O2. The van der Waals surface area contributed by atoms with Crippen molar-refractivity contribution in [1.82, 2.24) is 15.5 Å². The molecular weight excluding hydrogens is 364 g/mol. The molecule has 1 aromatic carbocycles. The Labute approximate surface area is 173 Å². The minimum atomic E-state index is -0.202. The van der Waals surface area contributed by atoms with Gasteiger partial charge in [0.25, 0.3) is 5.56 Å². The van der Waals surface area contributed by atoms with Crippen molar-refractivity contribution in [3.8, 4) is 17.0 Å². The Morgan fingerprint density at radius 3 is 2.66 bits per heavy atom. The summed E-state index contributed by atoms with van der Waals surface area (Å²) in [5.41, 5.74) is 2.26. The number of unbranched alkanes of at least 4 members (excludes halogenated alkanes) is 2. The lowest BCUT2D eigenvalue weighted by molar-refractivity contribution is 0.306. The highest BCUT2D eigenvalue weighted by Gasteiger charge is 2.12. The van der Waals surface area contributed by atoms with Gasteiger partial charge < -0.3 is 15.4 Å². The minimum absolute atomic E-state index is 0.202. The summed E-state index contributed by atoms with van der Waals surface area (Å²) in [5.74, 6) is 0.862. The van der Waals surface area contributed by atoms with Crippen LogP contribution in [0.3, 0.4) is 0 Å². The first-order valence-corrected chi connectivity index (χ1v) is 11.1. The maximum Gasteiger partial charge on any atom is 0.266 e. The van der Waals surface area contributed by atoms with Gasteiger partial charge >= 0.3 is 0 Å². The van der Waals surface area contributed by atoms with E-state index in [-0.39, 0.29) is 5.56 Å². The van der Waals surface area contributed by atoms with Gasteiger partial charge in [-0.3, -0.25) is 4.79 Å². The molecule has 0 unspecified atom stereocenters. The van der Waals surface area contributed by atoms with Crippen molar-refractivity contribution in [2.45, 2.75) is 64.3 Å². The van der Waals surface area contributed by atoms with E-state index >= 15 is 0 Å². The van der Waals surface area contributed by atoms with Gasteiger partial charge in [-0.15, -0.1) is 0 Å². The molecule has 3 N–H and O–H groups in total.